The zero-order valence-corrected chi connectivity index (χ0v) is 10.5. The monoisotopic (exact) mass is 258 g/mol. The van der Waals surface area contributed by atoms with E-state index < -0.39 is 0 Å². The molecule has 2 N–H and O–H groups in total. The van der Waals surface area contributed by atoms with Crippen LogP contribution in [0.3, 0.4) is 0 Å². The SMILES string of the molecule is O=C(NCCc1ccc(Cl)s1)C1CCNC1. The Hall–Kier alpha value is -0.580. The van der Waals surface area contributed by atoms with Gasteiger partial charge in [0.25, 0.3) is 0 Å². The van der Waals surface area contributed by atoms with Crippen molar-refractivity contribution in [3.05, 3.63) is 21.3 Å². The quantitative estimate of drug-likeness (QED) is 0.863. The lowest BCUT2D eigenvalue weighted by molar-refractivity contribution is -0.124. The number of thiophene rings is 1. The predicted octanol–water partition coefficient (Wildman–Crippen LogP) is 1.67. The number of halogens is 1. The molecule has 1 saturated heterocycles. The molecule has 1 aromatic heterocycles. The third kappa shape index (κ3) is 3.20. The first-order chi connectivity index (χ1) is 7.75. The van der Waals surface area contributed by atoms with Crippen LogP contribution >= 0.6 is 22.9 Å². The van der Waals surface area contributed by atoms with Crippen molar-refractivity contribution in [2.24, 2.45) is 5.92 Å². The van der Waals surface area contributed by atoms with E-state index in [1.54, 1.807) is 11.3 Å². The van der Waals surface area contributed by atoms with E-state index >= 15 is 0 Å². The Kier molecular flexibility index (Phi) is 4.21. The van der Waals surface area contributed by atoms with Gasteiger partial charge in [-0.3, -0.25) is 4.79 Å². The van der Waals surface area contributed by atoms with E-state index in [2.05, 4.69) is 10.6 Å². The third-order valence-corrected chi connectivity index (χ3v) is 4.02. The summed E-state index contributed by atoms with van der Waals surface area (Å²) in [6.07, 6.45) is 1.82. The van der Waals surface area contributed by atoms with E-state index in [0.29, 0.717) is 6.54 Å². The maximum absolute atomic E-state index is 11.7. The highest BCUT2D eigenvalue weighted by Crippen LogP contribution is 2.21. The molecular weight excluding hydrogens is 244 g/mol. The van der Waals surface area contributed by atoms with Gasteiger partial charge < -0.3 is 10.6 Å². The summed E-state index contributed by atoms with van der Waals surface area (Å²) in [6.45, 7) is 2.47. The number of carbonyl (C=O) groups is 1. The van der Waals surface area contributed by atoms with E-state index in [4.69, 9.17) is 11.6 Å². The normalized spacial score (nSPS) is 19.9. The molecule has 1 unspecified atom stereocenters. The number of hydrogen-bond acceptors (Lipinski definition) is 3. The molecule has 0 radical (unpaired) electrons. The molecule has 0 aromatic carbocycles. The van der Waals surface area contributed by atoms with Crippen molar-refractivity contribution in [3.8, 4) is 0 Å². The summed E-state index contributed by atoms with van der Waals surface area (Å²) in [5, 5.41) is 6.16. The van der Waals surface area contributed by atoms with E-state index in [1.807, 2.05) is 12.1 Å². The first-order valence-corrected chi connectivity index (χ1v) is 6.68. The van der Waals surface area contributed by atoms with Crippen LogP contribution in [-0.4, -0.2) is 25.5 Å². The lowest BCUT2D eigenvalue weighted by Gasteiger charge is -2.08. The lowest BCUT2D eigenvalue weighted by atomic mass is 10.1. The van der Waals surface area contributed by atoms with Gasteiger partial charge >= 0.3 is 0 Å². The van der Waals surface area contributed by atoms with Crippen LogP contribution in [0, 0.1) is 5.92 Å². The predicted molar refractivity (Wildman–Crippen MR) is 67.0 cm³/mol. The third-order valence-electron chi connectivity index (χ3n) is 2.73. The molecule has 0 saturated carbocycles. The van der Waals surface area contributed by atoms with Gasteiger partial charge in [0.05, 0.1) is 10.3 Å². The molecule has 1 aliphatic heterocycles. The van der Waals surface area contributed by atoms with Gasteiger partial charge in [0, 0.05) is 18.0 Å². The Labute approximate surface area is 104 Å². The summed E-state index contributed by atoms with van der Waals surface area (Å²) >= 11 is 7.40. The highest BCUT2D eigenvalue weighted by molar-refractivity contribution is 7.16. The van der Waals surface area contributed by atoms with Gasteiger partial charge in [-0.25, -0.2) is 0 Å². The molecule has 1 fully saturated rings. The first-order valence-electron chi connectivity index (χ1n) is 5.48. The second-order valence-electron chi connectivity index (χ2n) is 3.94. The summed E-state index contributed by atoms with van der Waals surface area (Å²) < 4.78 is 0.807. The fraction of sp³-hybridized carbons (Fsp3) is 0.545. The van der Waals surface area contributed by atoms with Crippen LogP contribution in [0.1, 0.15) is 11.3 Å². The van der Waals surface area contributed by atoms with Crippen LogP contribution in [0.25, 0.3) is 0 Å². The molecule has 1 amide bonds. The fourth-order valence-corrected chi connectivity index (χ4v) is 2.90. The number of amides is 1. The van der Waals surface area contributed by atoms with Crippen LogP contribution in [-0.2, 0) is 11.2 Å². The molecule has 0 spiro atoms. The number of rotatable bonds is 4. The average Bonchev–Trinajstić information content (AvgIpc) is 2.89. The molecule has 5 heteroatoms. The Balaban J connectivity index is 1.69. The van der Waals surface area contributed by atoms with Crippen LogP contribution in [0.5, 0.6) is 0 Å². The lowest BCUT2D eigenvalue weighted by Crippen LogP contribution is -2.33. The Bertz CT molecular complexity index is 361. The second kappa shape index (κ2) is 5.66. The van der Waals surface area contributed by atoms with Crippen molar-refractivity contribution in [1.82, 2.24) is 10.6 Å². The maximum Gasteiger partial charge on any atom is 0.224 e. The minimum Gasteiger partial charge on any atom is -0.355 e. The van der Waals surface area contributed by atoms with E-state index in [1.165, 1.54) is 4.88 Å². The van der Waals surface area contributed by atoms with Gasteiger partial charge in [-0.1, -0.05) is 11.6 Å². The van der Waals surface area contributed by atoms with Crippen molar-refractivity contribution in [1.29, 1.82) is 0 Å². The van der Waals surface area contributed by atoms with E-state index in [-0.39, 0.29) is 11.8 Å². The van der Waals surface area contributed by atoms with Crippen LogP contribution in [0.15, 0.2) is 12.1 Å². The molecule has 88 valence electrons. The summed E-state index contributed by atoms with van der Waals surface area (Å²) in [5.41, 5.74) is 0. The van der Waals surface area contributed by atoms with Crippen molar-refractivity contribution in [2.75, 3.05) is 19.6 Å². The summed E-state index contributed by atoms with van der Waals surface area (Å²) in [7, 11) is 0. The molecule has 1 aliphatic rings. The number of hydrogen-bond donors (Lipinski definition) is 2. The average molecular weight is 259 g/mol. The molecule has 0 aliphatic carbocycles. The van der Waals surface area contributed by atoms with Gasteiger partial charge in [-0.05, 0) is 31.5 Å². The van der Waals surface area contributed by atoms with Gasteiger partial charge in [-0.15, -0.1) is 11.3 Å². The molecule has 3 nitrogen and oxygen atoms in total. The Morgan fingerprint density at radius 1 is 1.62 bits per heavy atom. The van der Waals surface area contributed by atoms with Gasteiger partial charge in [0.1, 0.15) is 0 Å². The van der Waals surface area contributed by atoms with Crippen molar-refractivity contribution < 1.29 is 4.79 Å². The maximum atomic E-state index is 11.7. The van der Waals surface area contributed by atoms with Crippen LogP contribution < -0.4 is 10.6 Å². The zero-order chi connectivity index (χ0) is 11.4. The van der Waals surface area contributed by atoms with Gasteiger partial charge in [0.2, 0.25) is 5.91 Å². The molecule has 1 atom stereocenters. The molecule has 2 rings (SSSR count). The molecule has 2 heterocycles. The standard InChI is InChI=1S/C11H15ClN2OS/c12-10-2-1-9(16-10)4-6-14-11(15)8-3-5-13-7-8/h1-2,8,13H,3-7H2,(H,14,15). The minimum absolute atomic E-state index is 0.159. The van der Waals surface area contributed by atoms with Crippen molar-refractivity contribution in [2.45, 2.75) is 12.8 Å². The molecule has 1 aromatic rings. The number of carbonyl (C=O) groups excluding carboxylic acids is 1. The van der Waals surface area contributed by atoms with E-state index in [0.717, 1.165) is 30.3 Å². The van der Waals surface area contributed by atoms with Gasteiger partial charge in [-0.2, -0.15) is 0 Å². The van der Waals surface area contributed by atoms with Crippen molar-refractivity contribution >= 4 is 28.8 Å². The second-order valence-corrected chi connectivity index (χ2v) is 5.74. The number of nitrogens with one attached hydrogen (secondary N) is 2. The van der Waals surface area contributed by atoms with Gasteiger partial charge in [0.15, 0.2) is 0 Å². The topological polar surface area (TPSA) is 41.1 Å². The summed E-state index contributed by atoms with van der Waals surface area (Å²) in [4.78, 5) is 12.9. The molecule has 0 bridgehead atoms. The van der Waals surface area contributed by atoms with Crippen LogP contribution in [0.2, 0.25) is 4.34 Å². The summed E-state index contributed by atoms with van der Waals surface area (Å²) in [6, 6.07) is 3.90. The first kappa shape index (κ1) is 11.9. The highest BCUT2D eigenvalue weighted by Gasteiger charge is 2.21. The molecular formula is C11H15ClN2OS. The summed E-state index contributed by atoms with van der Waals surface area (Å²) in [5.74, 6) is 0.333. The fourth-order valence-electron chi connectivity index (χ4n) is 1.82. The Morgan fingerprint density at radius 3 is 3.12 bits per heavy atom. The largest absolute Gasteiger partial charge is 0.355 e. The minimum atomic E-state index is 0.159. The smallest absolute Gasteiger partial charge is 0.224 e. The van der Waals surface area contributed by atoms with Crippen molar-refractivity contribution in [3.63, 3.8) is 0 Å². The Morgan fingerprint density at radius 2 is 2.50 bits per heavy atom. The molecule has 16 heavy (non-hydrogen) atoms. The highest BCUT2D eigenvalue weighted by atomic mass is 35.5. The zero-order valence-electron chi connectivity index (χ0n) is 8.96. The van der Waals surface area contributed by atoms with E-state index in [9.17, 15) is 4.79 Å². The van der Waals surface area contributed by atoms with Crippen LogP contribution in [0.4, 0.5) is 0 Å².